The molecule has 1 amide bonds. The van der Waals surface area contributed by atoms with E-state index in [1.807, 2.05) is 4.90 Å². The van der Waals surface area contributed by atoms with Crippen molar-refractivity contribution in [3.05, 3.63) is 23.8 Å². The van der Waals surface area contributed by atoms with Crippen molar-refractivity contribution in [3.63, 3.8) is 0 Å². The number of hydrogen-bond donors (Lipinski definition) is 0. The Morgan fingerprint density at radius 2 is 1.83 bits per heavy atom. The smallest absolute Gasteiger partial charge is 0.219 e. The Hall–Kier alpha value is -1.05. The zero-order valence-corrected chi connectivity index (χ0v) is 12.7. The summed E-state index contributed by atoms with van der Waals surface area (Å²) in [7, 11) is 0. The molecule has 0 aromatic rings. The van der Waals surface area contributed by atoms with Crippen molar-refractivity contribution >= 4 is 5.91 Å². The molecule has 0 heterocycles. The molecule has 2 nitrogen and oxygen atoms in total. The molecular weight excluding hydrogens is 222 g/mol. The maximum atomic E-state index is 11.5. The van der Waals surface area contributed by atoms with Crippen molar-refractivity contribution < 1.29 is 4.79 Å². The summed E-state index contributed by atoms with van der Waals surface area (Å²) in [5, 5.41) is 0. The first-order chi connectivity index (χ1) is 8.47. The number of unbranched alkanes of at least 4 members (excludes halogenated alkanes) is 1. The van der Waals surface area contributed by atoms with E-state index in [2.05, 4.69) is 45.9 Å². The zero-order valence-electron chi connectivity index (χ0n) is 12.7. The third-order valence-corrected chi connectivity index (χ3v) is 2.70. The number of amides is 1. The lowest BCUT2D eigenvalue weighted by atomic mass is 10.1. The maximum absolute atomic E-state index is 11.5. The molecule has 0 spiro atoms. The molecule has 104 valence electrons. The fourth-order valence-corrected chi connectivity index (χ4v) is 1.82. The van der Waals surface area contributed by atoms with Gasteiger partial charge in [0.05, 0.1) is 0 Å². The number of carbonyl (C=O) groups excluding carboxylic acids is 1. The van der Waals surface area contributed by atoms with E-state index in [4.69, 9.17) is 0 Å². The van der Waals surface area contributed by atoms with Gasteiger partial charge in [0.25, 0.3) is 0 Å². The highest BCUT2D eigenvalue weighted by Gasteiger charge is 2.10. The van der Waals surface area contributed by atoms with Crippen LogP contribution in [0.1, 0.15) is 53.9 Å². The number of hydrogen-bond acceptors (Lipinski definition) is 1. The molecular formula is C16H29NO. The molecule has 0 N–H and O–H groups in total. The third-order valence-electron chi connectivity index (χ3n) is 2.70. The number of carbonyl (C=O) groups is 1. The van der Waals surface area contributed by atoms with Crippen molar-refractivity contribution in [1.29, 1.82) is 0 Å². The van der Waals surface area contributed by atoms with E-state index >= 15 is 0 Å². The lowest BCUT2D eigenvalue weighted by molar-refractivity contribution is -0.128. The van der Waals surface area contributed by atoms with Gasteiger partial charge in [-0.1, -0.05) is 44.6 Å². The second-order valence-electron chi connectivity index (χ2n) is 5.30. The van der Waals surface area contributed by atoms with Gasteiger partial charge in [-0.15, -0.1) is 0 Å². The molecule has 0 aromatic heterocycles. The van der Waals surface area contributed by atoms with Gasteiger partial charge in [0.1, 0.15) is 0 Å². The minimum Gasteiger partial charge on any atom is -0.339 e. The summed E-state index contributed by atoms with van der Waals surface area (Å²) in [5.41, 5.74) is 1.29. The first kappa shape index (κ1) is 16.9. The zero-order chi connectivity index (χ0) is 14.0. The average Bonchev–Trinajstić information content (AvgIpc) is 2.27. The van der Waals surface area contributed by atoms with Crippen molar-refractivity contribution in [3.8, 4) is 0 Å². The highest BCUT2D eigenvalue weighted by molar-refractivity contribution is 5.73. The number of nitrogens with zero attached hydrogens (tertiary/aromatic N) is 1. The summed E-state index contributed by atoms with van der Waals surface area (Å²) >= 11 is 0. The van der Waals surface area contributed by atoms with Crippen molar-refractivity contribution in [2.75, 3.05) is 13.1 Å². The van der Waals surface area contributed by atoms with Crippen LogP contribution in [0.4, 0.5) is 0 Å². The average molecular weight is 251 g/mol. The Balaban J connectivity index is 4.15. The second-order valence-corrected chi connectivity index (χ2v) is 5.30. The van der Waals surface area contributed by atoms with Crippen LogP contribution in [0.5, 0.6) is 0 Å². The normalized spacial score (nSPS) is 12.4. The van der Waals surface area contributed by atoms with E-state index in [1.165, 1.54) is 5.57 Å². The predicted octanol–water partition coefficient (Wildman–Crippen LogP) is 4.18. The molecule has 0 fully saturated rings. The monoisotopic (exact) mass is 251 g/mol. The van der Waals surface area contributed by atoms with Crippen LogP contribution in [-0.4, -0.2) is 23.9 Å². The minimum atomic E-state index is 0.169. The van der Waals surface area contributed by atoms with Crippen molar-refractivity contribution in [2.45, 2.75) is 53.9 Å². The van der Waals surface area contributed by atoms with Gasteiger partial charge in [-0.3, -0.25) is 4.79 Å². The van der Waals surface area contributed by atoms with Gasteiger partial charge in [0.15, 0.2) is 0 Å². The van der Waals surface area contributed by atoms with E-state index in [-0.39, 0.29) is 5.91 Å². The quantitative estimate of drug-likeness (QED) is 0.468. The standard InChI is InChI=1S/C16H29NO/c1-6-7-8-9-10-11-15(4)13-17(16(5)18)12-14(2)3/h7-8,11,14H,6,9-10,12-13H2,1-5H3/b8-7-,15-11+. The molecule has 0 saturated heterocycles. The SMILES string of the molecule is CC/C=C\CC/C=C(\C)CN(CC(C)C)C(C)=O. The van der Waals surface area contributed by atoms with Gasteiger partial charge in [-0.2, -0.15) is 0 Å². The van der Waals surface area contributed by atoms with Gasteiger partial charge in [0.2, 0.25) is 5.91 Å². The van der Waals surface area contributed by atoms with Crippen LogP contribution in [0.25, 0.3) is 0 Å². The Kier molecular flexibility index (Phi) is 9.35. The molecule has 0 aliphatic carbocycles. The van der Waals surface area contributed by atoms with Gasteiger partial charge >= 0.3 is 0 Å². The summed E-state index contributed by atoms with van der Waals surface area (Å²) in [6, 6.07) is 0. The number of rotatable bonds is 8. The van der Waals surface area contributed by atoms with Gasteiger partial charge in [-0.25, -0.2) is 0 Å². The fraction of sp³-hybridized carbons (Fsp3) is 0.688. The van der Waals surface area contributed by atoms with Crippen LogP contribution in [0.3, 0.4) is 0 Å². The summed E-state index contributed by atoms with van der Waals surface area (Å²) in [6.07, 6.45) is 9.93. The van der Waals surface area contributed by atoms with Crippen LogP contribution >= 0.6 is 0 Å². The molecule has 0 unspecified atom stereocenters. The van der Waals surface area contributed by atoms with Crippen molar-refractivity contribution in [1.82, 2.24) is 4.90 Å². The highest BCUT2D eigenvalue weighted by Crippen LogP contribution is 2.06. The molecule has 0 aliphatic rings. The molecule has 18 heavy (non-hydrogen) atoms. The van der Waals surface area contributed by atoms with Crippen LogP contribution < -0.4 is 0 Å². The Labute approximate surface area is 113 Å². The van der Waals surface area contributed by atoms with E-state index in [0.29, 0.717) is 5.92 Å². The maximum Gasteiger partial charge on any atom is 0.219 e. The fourth-order valence-electron chi connectivity index (χ4n) is 1.82. The summed E-state index contributed by atoms with van der Waals surface area (Å²) in [5.74, 6) is 0.691. The van der Waals surface area contributed by atoms with Crippen LogP contribution in [0.15, 0.2) is 23.8 Å². The second kappa shape index (κ2) is 9.93. The minimum absolute atomic E-state index is 0.169. The lowest BCUT2D eigenvalue weighted by Gasteiger charge is -2.23. The molecule has 0 aliphatic heterocycles. The van der Waals surface area contributed by atoms with E-state index in [9.17, 15) is 4.79 Å². The summed E-state index contributed by atoms with van der Waals surface area (Å²) in [4.78, 5) is 13.4. The summed E-state index contributed by atoms with van der Waals surface area (Å²) in [6.45, 7) is 11.8. The Morgan fingerprint density at radius 1 is 1.17 bits per heavy atom. The van der Waals surface area contributed by atoms with Crippen LogP contribution in [0.2, 0.25) is 0 Å². The van der Waals surface area contributed by atoms with Gasteiger partial charge in [-0.05, 0) is 32.1 Å². The molecule has 0 saturated carbocycles. The largest absolute Gasteiger partial charge is 0.339 e. The third kappa shape index (κ3) is 9.03. The first-order valence-corrected chi connectivity index (χ1v) is 7.03. The van der Waals surface area contributed by atoms with Crippen LogP contribution in [0, 0.1) is 5.92 Å². The molecule has 0 aromatic carbocycles. The molecule has 0 atom stereocenters. The summed E-state index contributed by atoms with van der Waals surface area (Å²) < 4.78 is 0. The molecule has 0 bridgehead atoms. The molecule has 2 heteroatoms. The Morgan fingerprint density at radius 3 is 2.33 bits per heavy atom. The van der Waals surface area contributed by atoms with Gasteiger partial charge in [0, 0.05) is 20.0 Å². The van der Waals surface area contributed by atoms with E-state index in [0.717, 1.165) is 32.4 Å². The van der Waals surface area contributed by atoms with E-state index in [1.54, 1.807) is 6.92 Å². The molecule has 0 radical (unpaired) electrons. The Bertz CT molecular complexity index is 289. The highest BCUT2D eigenvalue weighted by atomic mass is 16.2. The lowest BCUT2D eigenvalue weighted by Crippen LogP contribution is -2.33. The predicted molar refractivity (Wildman–Crippen MR) is 79.5 cm³/mol. The first-order valence-electron chi connectivity index (χ1n) is 7.03. The van der Waals surface area contributed by atoms with Crippen LogP contribution in [-0.2, 0) is 4.79 Å². The topological polar surface area (TPSA) is 20.3 Å². The van der Waals surface area contributed by atoms with Gasteiger partial charge < -0.3 is 4.90 Å². The van der Waals surface area contributed by atoms with E-state index < -0.39 is 0 Å². The number of allylic oxidation sites excluding steroid dienone is 3. The van der Waals surface area contributed by atoms with Crippen molar-refractivity contribution in [2.24, 2.45) is 5.92 Å². The molecule has 0 rings (SSSR count).